The summed E-state index contributed by atoms with van der Waals surface area (Å²) in [7, 11) is 1.56. The average molecular weight is 332 g/mol. The fourth-order valence-corrected chi connectivity index (χ4v) is 3.20. The van der Waals surface area contributed by atoms with Gasteiger partial charge in [0.2, 0.25) is 0 Å². The molecular weight excluding hydrogens is 312 g/mol. The standard InChI is InChI=1S/C21H20N2O2/c1-21(2)12-15-10-14(13-22)8-9-16(15)18(23-21)11-19(24)17-6-4-5-7-20(17)25-3/h4-11,23H,12H2,1-3H3/b18-11-. The molecule has 0 aromatic heterocycles. The van der Waals surface area contributed by atoms with Crippen LogP contribution in [0.3, 0.4) is 0 Å². The van der Waals surface area contributed by atoms with E-state index < -0.39 is 0 Å². The summed E-state index contributed by atoms with van der Waals surface area (Å²) in [5, 5.41) is 12.6. The average Bonchev–Trinajstić information content (AvgIpc) is 2.60. The van der Waals surface area contributed by atoms with Gasteiger partial charge < -0.3 is 10.1 Å². The molecule has 0 aliphatic carbocycles. The maximum absolute atomic E-state index is 12.8. The number of fused-ring (bicyclic) bond motifs is 1. The van der Waals surface area contributed by atoms with Crippen LogP contribution >= 0.6 is 0 Å². The summed E-state index contributed by atoms with van der Waals surface area (Å²) < 4.78 is 5.29. The Morgan fingerprint density at radius 3 is 2.76 bits per heavy atom. The molecule has 0 saturated heterocycles. The summed E-state index contributed by atoms with van der Waals surface area (Å²) in [6.07, 6.45) is 2.40. The highest BCUT2D eigenvalue weighted by atomic mass is 16.5. The van der Waals surface area contributed by atoms with Crippen LogP contribution in [0.4, 0.5) is 0 Å². The lowest BCUT2D eigenvalue weighted by molar-refractivity contribution is 0.104. The summed E-state index contributed by atoms with van der Waals surface area (Å²) in [6, 6.07) is 14.9. The Balaban J connectivity index is 2.06. The number of ether oxygens (including phenoxy) is 1. The predicted molar refractivity (Wildman–Crippen MR) is 97.4 cm³/mol. The molecule has 0 unspecified atom stereocenters. The first-order chi connectivity index (χ1) is 11.9. The molecule has 4 heteroatoms. The SMILES string of the molecule is COc1ccccc1C(=O)/C=C1\NC(C)(C)Cc2cc(C#N)ccc21. The summed E-state index contributed by atoms with van der Waals surface area (Å²) in [5.41, 5.74) is 3.76. The van der Waals surface area contributed by atoms with Crippen LogP contribution in [-0.2, 0) is 6.42 Å². The largest absolute Gasteiger partial charge is 0.496 e. The Kier molecular flexibility index (Phi) is 4.33. The number of hydrogen-bond donors (Lipinski definition) is 1. The molecule has 1 aliphatic heterocycles. The molecule has 0 radical (unpaired) electrons. The number of allylic oxidation sites excluding steroid dienone is 1. The van der Waals surface area contributed by atoms with Gasteiger partial charge in [-0.05, 0) is 50.1 Å². The Morgan fingerprint density at radius 1 is 1.28 bits per heavy atom. The van der Waals surface area contributed by atoms with Gasteiger partial charge in [-0.1, -0.05) is 18.2 Å². The number of ketones is 1. The highest BCUT2D eigenvalue weighted by Gasteiger charge is 2.28. The van der Waals surface area contributed by atoms with Crippen LogP contribution < -0.4 is 10.1 Å². The molecule has 25 heavy (non-hydrogen) atoms. The van der Waals surface area contributed by atoms with Gasteiger partial charge in [0, 0.05) is 22.9 Å². The van der Waals surface area contributed by atoms with Crippen molar-refractivity contribution in [2.24, 2.45) is 0 Å². The lowest BCUT2D eigenvalue weighted by Crippen LogP contribution is -2.43. The van der Waals surface area contributed by atoms with E-state index in [4.69, 9.17) is 10.00 Å². The third kappa shape index (κ3) is 3.41. The molecule has 0 amide bonds. The zero-order chi connectivity index (χ0) is 18.0. The molecule has 2 aromatic rings. The topological polar surface area (TPSA) is 62.1 Å². The second-order valence-corrected chi connectivity index (χ2v) is 6.79. The summed E-state index contributed by atoms with van der Waals surface area (Å²) in [5.74, 6) is 0.437. The highest BCUT2D eigenvalue weighted by Crippen LogP contribution is 2.31. The van der Waals surface area contributed by atoms with Crippen LogP contribution in [0, 0.1) is 11.3 Å². The number of carbonyl (C=O) groups is 1. The van der Waals surface area contributed by atoms with Crippen molar-refractivity contribution >= 4 is 11.5 Å². The zero-order valence-electron chi connectivity index (χ0n) is 14.6. The number of nitriles is 1. The Morgan fingerprint density at radius 2 is 2.04 bits per heavy atom. The molecule has 4 nitrogen and oxygen atoms in total. The smallest absolute Gasteiger partial charge is 0.191 e. The van der Waals surface area contributed by atoms with Crippen LogP contribution in [0.15, 0.2) is 48.5 Å². The number of methoxy groups -OCH3 is 1. The van der Waals surface area contributed by atoms with Crippen molar-refractivity contribution in [3.8, 4) is 11.8 Å². The molecule has 0 spiro atoms. The van der Waals surface area contributed by atoms with Gasteiger partial charge in [0.15, 0.2) is 5.78 Å². The molecule has 1 aliphatic rings. The van der Waals surface area contributed by atoms with E-state index >= 15 is 0 Å². The van der Waals surface area contributed by atoms with Gasteiger partial charge in [-0.25, -0.2) is 0 Å². The van der Waals surface area contributed by atoms with Crippen molar-refractivity contribution in [3.05, 3.63) is 70.8 Å². The predicted octanol–water partition coefficient (Wildman–Crippen LogP) is 3.71. The molecule has 0 fully saturated rings. The Hall–Kier alpha value is -3.06. The van der Waals surface area contributed by atoms with Gasteiger partial charge >= 0.3 is 0 Å². The van der Waals surface area contributed by atoms with Crippen LogP contribution in [0.5, 0.6) is 5.75 Å². The first kappa shape index (κ1) is 16.8. The number of para-hydroxylation sites is 1. The molecule has 0 atom stereocenters. The molecule has 3 rings (SSSR count). The van der Waals surface area contributed by atoms with Gasteiger partial charge in [0.1, 0.15) is 5.75 Å². The van der Waals surface area contributed by atoms with Crippen molar-refractivity contribution in [2.45, 2.75) is 25.8 Å². The van der Waals surface area contributed by atoms with E-state index in [-0.39, 0.29) is 11.3 Å². The number of benzene rings is 2. The quantitative estimate of drug-likeness (QED) is 0.687. The minimum atomic E-state index is -0.200. The van der Waals surface area contributed by atoms with Gasteiger partial charge in [-0.15, -0.1) is 0 Å². The molecule has 0 saturated carbocycles. The van der Waals surface area contributed by atoms with Gasteiger partial charge in [-0.2, -0.15) is 5.26 Å². The zero-order valence-corrected chi connectivity index (χ0v) is 14.6. The van der Waals surface area contributed by atoms with E-state index in [1.54, 1.807) is 31.4 Å². The third-order valence-corrected chi connectivity index (χ3v) is 4.28. The highest BCUT2D eigenvalue weighted by molar-refractivity contribution is 6.10. The molecule has 1 heterocycles. The summed E-state index contributed by atoms with van der Waals surface area (Å²) in [6.45, 7) is 4.16. The molecule has 2 aromatic carbocycles. The number of nitrogens with zero attached hydrogens (tertiary/aromatic N) is 1. The molecular formula is C21H20N2O2. The molecule has 126 valence electrons. The fraction of sp³-hybridized carbons (Fsp3) is 0.238. The van der Waals surface area contributed by atoms with Crippen LogP contribution in [-0.4, -0.2) is 18.4 Å². The lowest BCUT2D eigenvalue weighted by atomic mass is 9.84. The van der Waals surface area contributed by atoms with Crippen molar-refractivity contribution in [1.82, 2.24) is 5.32 Å². The second-order valence-electron chi connectivity index (χ2n) is 6.79. The maximum atomic E-state index is 12.8. The van der Waals surface area contributed by atoms with E-state index in [0.717, 1.165) is 23.2 Å². The fourth-order valence-electron chi connectivity index (χ4n) is 3.20. The summed E-state index contributed by atoms with van der Waals surface area (Å²) >= 11 is 0. The summed E-state index contributed by atoms with van der Waals surface area (Å²) in [4.78, 5) is 12.8. The van der Waals surface area contributed by atoms with E-state index in [1.807, 2.05) is 24.3 Å². The third-order valence-electron chi connectivity index (χ3n) is 4.28. The van der Waals surface area contributed by atoms with E-state index in [0.29, 0.717) is 16.9 Å². The van der Waals surface area contributed by atoms with Crippen molar-refractivity contribution < 1.29 is 9.53 Å². The van der Waals surface area contributed by atoms with E-state index in [1.165, 1.54) is 0 Å². The van der Waals surface area contributed by atoms with Crippen molar-refractivity contribution in [1.29, 1.82) is 5.26 Å². The van der Waals surface area contributed by atoms with E-state index in [9.17, 15) is 4.79 Å². The number of hydrogen-bond acceptors (Lipinski definition) is 4. The van der Waals surface area contributed by atoms with Gasteiger partial charge in [0.25, 0.3) is 0 Å². The van der Waals surface area contributed by atoms with Crippen LogP contribution in [0.1, 0.15) is 40.9 Å². The monoisotopic (exact) mass is 332 g/mol. The second kappa shape index (κ2) is 6.45. The number of rotatable bonds is 3. The normalized spacial score (nSPS) is 16.5. The van der Waals surface area contributed by atoms with Crippen LogP contribution in [0.2, 0.25) is 0 Å². The molecule has 1 N–H and O–H groups in total. The van der Waals surface area contributed by atoms with Crippen molar-refractivity contribution in [2.75, 3.05) is 7.11 Å². The number of carbonyl (C=O) groups excluding carboxylic acids is 1. The first-order valence-electron chi connectivity index (χ1n) is 8.14. The maximum Gasteiger partial charge on any atom is 0.191 e. The van der Waals surface area contributed by atoms with Gasteiger partial charge in [-0.3, -0.25) is 4.79 Å². The first-order valence-corrected chi connectivity index (χ1v) is 8.14. The van der Waals surface area contributed by atoms with Crippen LogP contribution in [0.25, 0.3) is 5.70 Å². The number of nitrogens with one attached hydrogen (secondary N) is 1. The Labute approximate surface area is 147 Å². The van der Waals surface area contributed by atoms with Crippen molar-refractivity contribution in [3.63, 3.8) is 0 Å². The van der Waals surface area contributed by atoms with Gasteiger partial charge in [0.05, 0.1) is 24.3 Å². The molecule has 0 bridgehead atoms. The van der Waals surface area contributed by atoms with E-state index in [2.05, 4.69) is 25.2 Å². The lowest BCUT2D eigenvalue weighted by Gasteiger charge is -2.35. The minimum absolute atomic E-state index is 0.118. The minimum Gasteiger partial charge on any atom is -0.496 e. The Bertz CT molecular complexity index is 904.